The van der Waals surface area contributed by atoms with Crippen molar-refractivity contribution < 1.29 is 4.79 Å². The Morgan fingerprint density at radius 2 is 1.89 bits per heavy atom. The van der Waals surface area contributed by atoms with Crippen LogP contribution in [0.25, 0.3) is 11.1 Å². The van der Waals surface area contributed by atoms with Gasteiger partial charge in [-0.25, -0.2) is 0 Å². The Bertz CT molecular complexity index is 659. The van der Waals surface area contributed by atoms with Gasteiger partial charge in [0, 0.05) is 14.9 Å². The fourth-order valence-corrected chi connectivity index (χ4v) is 2.70. The molecule has 0 amide bonds. The van der Waals surface area contributed by atoms with Gasteiger partial charge in [0.05, 0.1) is 5.56 Å². The molecule has 0 N–H and O–H groups in total. The van der Waals surface area contributed by atoms with Crippen LogP contribution in [0.5, 0.6) is 0 Å². The molecule has 0 aliphatic carbocycles. The monoisotopic (exact) mass is 331 g/mol. The second-order valence-electron chi connectivity index (χ2n) is 3.88. The van der Waals surface area contributed by atoms with E-state index in [1.165, 1.54) is 11.8 Å². The molecule has 0 heterocycles. The maximum atomic E-state index is 11.1. The van der Waals surface area contributed by atoms with Crippen LogP contribution in [0, 0.1) is 11.3 Å². The number of nitriles is 1. The summed E-state index contributed by atoms with van der Waals surface area (Å²) in [6.45, 7) is 0. The van der Waals surface area contributed by atoms with Crippen molar-refractivity contribution in [2.75, 3.05) is 6.26 Å². The standard InChI is InChI=1S/C15H10BrNOS/c1-19-15-7-11(6-12(9-18)14(15)8-17)10-2-4-13(16)5-3-10/h2-7,9H,1H3. The van der Waals surface area contributed by atoms with Gasteiger partial charge in [-0.2, -0.15) is 5.26 Å². The number of aldehydes is 1. The third-order valence-electron chi connectivity index (χ3n) is 2.77. The van der Waals surface area contributed by atoms with Crippen LogP contribution in [0.3, 0.4) is 0 Å². The van der Waals surface area contributed by atoms with Crippen LogP contribution in [0.15, 0.2) is 45.8 Å². The summed E-state index contributed by atoms with van der Waals surface area (Å²) < 4.78 is 1.01. The van der Waals surface area contributed by atoms with Gasteiger partial charge in [-0.1, -0.05) is 28.1 Å². The zero-order chi connectivity index (χ0) is 13.8. The first-order valence-electron chi connectivity index (χ1n) is 5.53. The fourth-order valence-electron chi connectivity index (χ4n) is 1.82. The predicted molar refractivity (Wildman–Crippen MR) is 81.5 cm³/mol. The summed E-state index contributed by atoms with van der Waals surface area (Å²) >= 11 is 4.86. The van der Waals surface area contributed by atoms with Gasteiger partial charge in [-0.3, -0.25) is 4.79 Å². The van der Waals surface area contributed by atoms with Gasteiger partial charge in [0.1, 0.15) is 6.07 Å². The van der Waals surface area contributed by atoms with Crippen molar-refractivity contribution in [2.24, 2.45) is 0 Å². The number of hydrogen-bond acceptors (Lipinski definition) is 3. The van der Waals surface area contributed by atoms with Gasteiger partial charge in [-0.15, -0.1) is 11.8 Å². The first-order valence-corrected chi connectivity index (χ1v) is 7.54. The number of hydrogen-bond donors (Lipinski definition) is 0. The Kier molecular flexibility index (Phi) is 4.41. The minimum absolute atomic E-state index is 0.437. The molecule has 0 saturated heterocycles. The molecule has 2 rings (SSSR count). The zero-order valence-electron chi connectivity index (χ0n) is 10.2. The lowest BCUT2D eigenvalue weighted by atomic mass is 10.00. The second-order valence-corrected chi connectivity index (χ2v) is 5.64. The third kappa shape index (κ3) is 2.89. The third-order valence-corrected chi connectivity index (χ3v) is 4.06. The van der Waals surface area contributed by atoms with Gasteiger partial charge in [-0.05, 0) is 41.6 Å². The largest absolute Gasteiger partial charge is 0.298 e. The molecule has 0 aliphatic heterocycles. The highest BCUT2D eigenvalue weighted by Gasteiger charge is 2.10. The summed E-state index contributed by atoms with van der Waals surface area (Å²) in [7, 11) is 0. The van der Waals surface area contributed by atoms with Crippen molar-refractivity contribution >= 4 is 34.0 Å². The summed E-state index contributed by atoms with van der Waals surface area (Å²) in [6.07, 6.45) is 2.64. The SMILES string of the molecule is CSc1cc(-c2ccc(Br)cc2)cc(C=O)c1C#N. The van der Waals surface area contributed by atoms with Crippen molar-refractivity contribution in [3.05, 3.63) is 52.0 Å². The molecule has 0 bridgehead atoms. The Morgan fingerprint density at radius 1 is 1.21 bits per heavy atom. The van der Waals surface area contributed by atoms with E-state index in [-0.39, 0.29) is 0 Å². The normalized spacial score (nSPS) is 9.95. The van der Waals surface area contributed by atoms with Crippen molar-refractivity contribution in [1.82, 2.24) is 0 Å². The molecule has 0 atom stereocenters. The van der Waals surface area contributed by atoms with Crippen LogP contribution in [0.4, 0.5) is 0 Å². The van der Waals surface area contributed by atoms with E-state index in [0.29, 0.717) is 11.1 Å². The lowest BCUT2D eigenvalue weighted by Crippen LogP contribution is -1.92. The van der Waals surface area contributed by atoms with Crippen molar-refractivity contribution in [3.8, 4) is 17.2 Å². The number of carbonyl (C=O) groups is 1. The summed E-state index contributed by atoms with van der Waals surface area (Å²) in [5.41, 5.74) is 2.85. The highest BCUT2D eigenvalue weighted by atomic mass is 79.9. The van der Waals surface area contributed by atoms with Crippen LogP contribution in [0.2, 0.25) is 0 Å². The van der Waals surface area contributed by atoms with Crippen LogP contribution in [-0.2, 0) is 0 Å². The highest BCUT2D eigenvalue weighted by Crippen LogP contribution is 2.30. The van der Waals surface area contributed by atoms with E-state index in [9.17, 15) is 4.79 Å². The smallest absolute Gasteiger partial charge is 0.151 e. The quantitative estimate of drug-likeness (QED) is 0.613. The lowest BCUT2D eigenvalue weighted by molar-refractivity contribution is 0.112. The molecule has 19 heavy (non-hydrogen) atoms. The highest BCUT2D eigenvalue weighted by molar-refractivity contribution is 9.10. The fraction of sp³-hybridized carbons (Fsp3) is 0.0667. The molecule has 0 unspecified atom stereocenters. The average Bonchev–Trinajstić information content (AvgIpc) is 2.46. The van der Waals surface area contributed by atoms with Crippen molar-refractivity contribution in [3.63, 3.8) is 0 Å². The molecule has 2 nitrogen and oxygen atoms in total. The minimum atomic E-state index is 0.437. The van der Waals surface area contributed by atoms with E-state index in [1.807, 2.05) is 36.6 Å². The van der Waals surface area contributed by atoms with E-state index < -0.39 is 0 Å². The summed E-state index contributed by atoms with van der Waals surface area (Å²) in [5, 5.41) is 9.13. The van der Waals surface area contributed by atoms with Crippen molar-refractivity contribution in [1.29, 1.82) is 5.26 Å². The van der Waals surface area contributed by atoms with Crippen molar-refractivity contribution in [2.45, 2.75) is 4.90 Å². The van der Waals surface area contributed by atoms with Gasteiger partial charge >= 0.3 is 0 Å². The van der Waals surface area contributed by atoms with E-state index >= 15 is 0 Å². The number of thioether (sulfide) groups is 1. The number of benzene rings is 2. The molecule has 94 valence electrons. The Labute approximate surface area is 124 Å². The number of halogens is 1. The zero-order valence-corrected chi connectivity index (χ0v) is 12.6. The van der Waals surface area contributed by atoms with Gasteiger partial charge in [0.15, 0.2) is 6.29 Å². The van der Waals surface area contributed by atoms with Crippen LogP contribution in [-0.4, -0.2) is 12.5 Å². The number of rotatable bonds is 3. The summed E-state index contributed by atoms with van der Waals surface area (Å²) in [4.78, 5) is 11.9. The predicted octanol–water partition coefficient (Wildman–Crippen LogP) is 4.52. The first kappa shape index (κ1) is 13.9. The topological polar surface area (TPSA) is 40.9 Å². The van der Waals surface area contributed by atoms with E-state index in [0.717, 1.165) is 26.8 Å². The molecule has 0 saturated carbocycles. The van der Waals surface area contributed by atoms with E-state index in [4.69, 9.17) is 5.26 Å². The minimum Gasteiger partial charge on any atom is -0.298 e. The van der Waals surface area contributed by atoms with Gasteiger partial charge in [0.25, 0.3) is 0 Å². The molecular weight excluding hydrogens is 322 g/mol. The molecule has 0 aromatic heterocycles. The summed E-state index contributed by atoms with van der Waals surface area (Å²) in [6, 6.07) is 13.7. The Balaban J connectivity index is 2.62. The molecule has 0 spiro atoms. The number of carbonyl (C=O) groups excluding carboxylic acids is 1. The summed E-state index contributed by atoms with van der Waals surface area (Å²) in [5.74, 6) is 0. The molecule has 0 aliphatic rings. The van der Waals surface area contributed by atoms with Crippen LogP contribution in [0.1, 0.15) is 15.9 Å². The average molecular weight is 332 g/mol. The first-order chi connectivity index (χ1) is 9.19. The second kappa shape index (κ2) is 6.05. The van der Waals surface area contributed by atoms with Crippen LogP contribution < -0.4 is 0 Å². The molecule has 2 aromatic carbocycles. The van der Waals surface area contributed by atoms with Gasteiger partial charge < -0.3 is 0 Å². The van der Waals surface area contributed by atoms with E-state index in [2.05, 4.69) is 22.0 Å². The Morgan fingerprint density at radius 3 is 2.42 bits per heavy atom. The Hall–Kier alpha value is -1.57. The molecule has 2 aromatic rings. The molecule has 4 heteroatoms. The molecule has 0 fully saturated rings. The maximum Gasteiger partial charge on any atom is 0.151 e. The van der Waals surface area contributed by atoms with Crippen LogP contribution >= 0.6 is 27.7 Å². The maximum absolute atomic E-state index is 11.1. The number of nitrogens with zero attached hydrogens (tertiary/aromatic N) is 1. The van der Waals surface area contributed by atoms with E-state index in [1.54, 1.807) is 6.07 Å². The van der Waals surface area contributed by atoms with Gasteiger partial charge in [0.2, 0.25) is 0 Å². The molecular formula is C15H10BrNOS. The molecule has 0 radical (unpaired) electrons. The lowest BCUT2D eigenvalue weighted by Gasteiger charge is -2.08.